The molecule has 4 rings (SSSR count). The van der Waals surface area contributed by atoms with E-state index < -0.39 is 12.1 Å². The SMILES string of the molecule is COCC(C)OC(=O)c1c(N)n(-c2ccc(Cl)cc2)c2nc3ccccc3nc12. The second-order valence-corrected chi connectivity index (χ2v) is 7.06. The molecule has 2 heterocycles. The molecule has 0 bridgehead atoms. The lowest BCUT2D eigenvalue weighted by atomic mass is 10.2. The minimum Gasteiger partial charge on any atom is -0.456 e. The Morgan fingerprint density at radius 1 is 1.14 bits per heavy atom. The zero-order chi connectivity index (χ0) is 20.5. The summed E-state index contributed by atoms with van der Waals surface area (Å²) in [7, 11) is 1.54. The van der Waals surface area contributed by atoms with Gasteiger partial charge in [-0.3, -0.25) is 4.57 Å². The second kappa shape index (κ2) is 7.69. The Morgan fingerprint density at radius 2 is 1.79 bits per heavy atom. The average Bonchev–Trinajstić information content (AvgIpc) is 2.98. The number of carbonyl (C=O) groups excluding carboxylic acids is 1. The summed E-state index contributed by atoms with van der Waals surface area (Å²) in [5.41, 5.74) is 9.51. The molecule has 2 aromatic carbocycles. The number of nitrogens with zero attached hydrogens (tertiary/aromatic N) is 3. The summed E-state index contributed by atoms with van der Waals surface area (Å²) < 4.78 is 12.2. The van der Waals surface area contributed by atoms with E-state index in [1.165, 1.54) is 0 Å². The summed E-state index contributed by atoms with van der Waals surface area (Å²) in [6.45, 7) is 2.02. The van der Waals surface area contributed by atoms with Crippen LogP contribution in [0.3, 0.4) is 0 Å². The number of fused-ring (bicyclic) bond motifs is 2. The van der Waals surface area contributed by atoms with E-state index in [2.05, 4.69) is 4.98 Å². The molecule has 0 aliphatic rings. The molecule has 0 fully saturated rings. The Morgan fingerprint density at radius 3 is 2.45 bits per heavy atom. The monoisotopic (exact) mass is 410 g/mol. The molecular formula is C21H19ClN4O3. The Labute approximate surface area is 172 Å². The van der Waals surface area contributed by atoms with E-state index in [1.807, 2.05) is 24.3 Å². The van der Waals surface area contributed by atoms with E-state index in [0.29, 0.717) is 32.9 Å². The maximum absolute atomic E-state index is 12.9. The predicted octanol–water partition coefficient (Wildman–Crippen LogP) is 4.00. The Hall–Kier alpha value is -3.16. The van der Waals surface area contributed by atoms with Gasteiger partial charge in [0.25, 0.3) is 0 Å². The number of aromatic nitrogens is 3. The van der Waals surface area contributed by atoms with E-state index in [4.69, 9.17) is 31.8 Å². The molecule has 148 valence electrons. The number of anilines is 1. The van der Waals surface area contributed by atoms with Crippen LogP contribution in [0, 0.1) is 0 Å². The quantitative estimate of drug-likeness (QED) is 0.500. The van der Waals surface area contributed by atoms with Crippen molar-refractivity contribution in [3.05, 3.63) is 59.1 Å². The van der Waals surface area contributed by atoms with Gasteiger partial charge in [-0.15, -0.1) is 0 Å². The number of nitrogens with two attached hydrogens (primary N) is 1. The summed E-state index contributed by atoms with van der Waals surface area (Å²) in [6.07, 6.45) is -0.436. The van der Waals surface area contributed by atoms with Crippen molar-refractivity contribution in [1.29, 1.82) is 0 Å². The van der Waals surface area contributed by atoms with E-state index in [9.17, 15) is 4.79 Å². The van der Waals surface area contributed by atoms with Gasteiger partial charge >= 0.3 is 5.97 Å². The first-order chi connectivity index (χ1) is 14.0. The van der Waals surface area contributed by atoms with Crippen molar-refractivity contribution >= 4 is 45.6 Å². The highest BCUT2D eigenvalue weighted by atomic mass is 35.5. The zero-order valence-corrected chi connectivity index (χ0v) is 16.7. The van der Waals surface area contributed by atoms with Crippen LogP contribution in [0.2, 0.25) is 5.02 Å². The molecule has 0 spiro atoms. The highest BCUT2D eigenvalue weighted by molar-refractivity contribution is 6.30. The van der Waals surface area contributed by atoms with E-state index >= 15 is 0 Å². The second-order valence-electron chi connectivity index (χ2n) is 6.63. The number of ether oxygens (including phenoxy) is 2. The molecule has 1 unspecified atom stereocenters. The molecule has 7 nitrogen and oxygen atoms in total. The third kappa shape index (κ3) is 3.50. The lowest BCUT2D eigenvalue weighted by Gasteiger charge is -2.12. The third-order valence-electron chi connectivity index (χ3n) is 4.50. The van der Waals surface area contributed by atoms with Crippen LogP contribution in [-0.2, 0) is 9.47 Å². The van der Waals surface area contributed by atoms with Gasteiger partial charge in [0.1, 0.15) is 23.0 Å². The van der Waals surface area contributed by atoms with Crippen molar-refractivity contribution < 1.29 is 14.3 Å². The average molecular weight is 411 g/mol. The fourth-order valence-corrected chi connectivity index (χ4v) is 3.35. The van der Waals surface area contributed by atoms with Crippen LogP contribution in [0.5, 0.6) is 0 Å². The van der Waals surface area contributed by atoms with Crippen LogP contribution in [0.1, 0.15) is 17.3 Å². The maximum atomic E-state index is 12.9. The highest BCUT2D eigenvalue weighted by Crippen LogP contribution is 2.32. The smallest absolute Gasteiger partial charge is 0.344 e. The van der Waals surface area contributed by atoms with Crippen molar-refractivity contribution in [2.75, 3.05) is 19.5 Å². The number of hydrogen-bond acceptors (Lipinski definition) is 6. The molecule has 1 atom stereocenters. The first kappa shape index (κ1) is 19.2. The molecule has 0 saturated carbocycles. The van der Waals surface area contributed by atoms with Crippen LogP contribution in [-0.4, -0.2) is 40.3 Å². The van der Waals surface area contributed by atoms with Gasteiger partial charge in [-0.2, -0.15) is 0 Å². The number of hydrogen-bond donors (Lipinski definition) is 1. The molecule has 0 amide bonds. The molecule has 0 aliphatic heterocycles. The van der Waals surface area contributed by atoms with Gasteiger partial charge in [0.05, 0.1) is 17.6 Å². The molecule has 4 aromatic rings. The fourth-order valence-electron chi connectivity index (χ4n) is 3.22. The molecule has 8 heteroatoms. The van der Waals surface area contributed by atoms with Crippen molar-refractivity contribution in [3.63, 3.8) is 0 Å². The van der Waals surface area contributed by atoms with Crippen molar-refractivity contribution in [2.24, 2.45) is 0 Å². The predicted molar refractivity (Wildman–Crippen MR) is 113 cm³/mol. The Bertz CT molecular complexity index is 1200. The molecule has 2 N–H and O–H groups in total. The molecular weight excluding hydrogens is 392 g/mol. The van der Waals surface area contributed by atoms with Gasteiger partial charge in [0.15, 0.2) is 5.65 Å². The standard InChI is InChI=1S/C21H19ClN4O3/c1-12(11-28-2)29-21(27)17-18-20(25-16-6-4-3-5-15(16)24-18)26(19(17)23)14-9-7-13(22)8-10-14/h3-10,12H,11,23H2,1-2H3. The largest absolute Gasteiger partial charge is 0.456 e. The van der Waals surface area contributed by atoms with Crippen LogP contribution in [0.4, 0.5) is 5.82 Å². The first-order valence-corrected chi connectivity index (χ1v) is 9.40. The van der Waals surface area contributed by atoms with Gasteiger partial charge < -0.3 is 15.2 Å². The van der Waals surface area contributed by atoms with Gasteiger partial charge in [0, 0.05) is 17.8 Å². The van der Waals surface area contributed by atoms with Crippen molar-refractivity contribution in [2.45, 2.75) is 13.0 Å². The summed E-state index contributed by atoms with van der Waals surface area (Å²) in [6, 6.07) is 14.5. The fraction of sp³-hybridized carbons (Fsp3) is 0.190. The number of rotatable bonds is 5. The minimum absolute atomic E-state index is 0.177. The van der Waals surface area contributed by atoms with Crippen LogP contribution < -0.4 is 5.73 Å². The van der Waals surface area contributed by atoms with Gasteiger partial charge in [0.2, 0.25) is 0 Å². The number of esters is 1. The molecule has 29 heavy (non-hydrogen) atoms. The van der Waals surface area contributed by atoms with E-state index in [1.54, 1.807) is 42.9 Å². The summed E-state index contributed by atoms with van der Waals surface area (Å²) in [5.74, 6) is -0.374. The molecule has 0 radical (unpaired) electrons. The number of benzene rings is 2. The van der Waals surface area contributed by atoms with E-state index in [-0.39, 0.29) is 18.0 Å². The van der Waals surface area contributed by atoms with Crippen LogP contribution in [0.25, 0.3) is 27.9 Å². The third-order valence-corrected chi connectivity index (χ3v) is 4.75. The van der Waals surface area contributed by atoms with Gasteiger partial charge in [-0.1, -0.05) is 23.7 Å². The lowest BCUT2D eigenvalue weighted by Crippen LogP contribution is -2.20. The number of para-hydroxylation sites is 2. The molecule has 0 saturated heterocycles. The van der Waals surface area contributed by atoms with Crippen LogP contribution >= 0.6 is 11.6 Å². The topological polar surface area (TPSA) is 92.3 Å². The van der Waals surface area contributed by atoms with E-state index in [0.717, 1.165) is 0 Å². The van der Waals surface area contributed by atoms with Crippen molar-refractivity contribution in [3.8, 4) is 5.69 Å². The highest BCUT2D eigenvalue weighted by Gasteiger charge is 2.27. The number of carbonyl (C=O) groups is 1. The van der Waals surface area contributed by atoms with Gasteiger partial charge in [-0.05, 0) is 43.3 Å². The van der Waals surface area contributed by atoms with Crippen molar-refractivity contribution in [1.82, 2.24) is 14.5 Å². The number of nitrogen functional groups attached to an aromatic ring is 1. The summed E-state index contributed by atoms with van der Waals surface area (Å²) in [4.78, 5) is 22.3. The summed E-state index contributed by atoms with van der Waals surface area (Å²) in [5, 5.41) is 0.591. The normalized spacial score (nSPS) is 12.4. The Kier molecular flexibility index (Phi) is 5.08. The zero-order valence-electron chi connectivity index (χ0n) is 15.9. The number of halogens is 1. The summed E-state index contributed by atoms with van der Waals surface area (Å²) >= 11 is 6.02. The van der Waals surface area contributed by atoms with Gasteiger partial charge in [-0.25, -0.2) is 14.8 Å². The number of methoxy groups -OCH3 is 1. The first-order valence-electron chi connectivity index (χ1n) is 9.02. The lowest BCUT2D eigenvalue weighted by molar-refractivity contribution is 0.0123. The molecule has 0 aliphatic carbocycles. The maximum Gasteiger partial charge on any atom is 0.344 e. The van der Waals surface area contributed by atoms with Crippen LogP contribution in [0.15, 0.2) is 48.5 Å². The minimum atomic E-state index is -0.575. The molecule has 2 aromatic heterocycles. The Balaban J connectivity index is 1.96.